The lowest BCUT2D eigenvalue weighted by molar-refractivity contribution is 1.34. The van der Waals surface area contributed by atoms with Gasteiger partial charge in [0.15, 0.2) is 0 Å². The zero-order valence-electron chi connectivity index (χ0n) is 7.38. The van der Waals surface area contributed by atoms with Crippen molar-refractivity contribution in [3.8, 4) is 0 Å². The van der Waals surface area contributed by atoms with Crippen molar-refractivity contribution in [2.24, 2.45) is 0 Å². The third-order valence-electron chi connectivity index (χ3n) is 2.38. The number of rotatable bonds is 0. The Bertz CT molecular complexity index is 527. The highest BCUT2D eigenvalue weighted by Gasteiger charge is 2.16. The lowest BCUT2D eigenvalue weighted by Gasteiger charge is -2.10. The second-order valence-corrected chi connectivity index (χ2v) is 4.69. The fourth-order valence-electron chi connectivity index (χ4n) is 1.74. The lowest BCUT2D eigenvalue weighted by atomic mass is 10.1. The van der Waals surface area contributed by atoms with Crippen LogP contribution in [0.25, 0.3) is 15.1 Å². The van der Waals surface area contributed by atoms with E-state index >= 15 is 0 Å². The van der Waals surface area contributed by atoms with E-state index < -0.39 is 0 Å². The molecule has 0 radical (unpaired) electrons. The van der Waals surface area contributed by atoms with E-state index in [1.165, 1.54) is 20.7 Å². The molecule has 3 heteroatoms. The Morgan fingerprint density at radius 3 is 3.07 bits per heavy atom. The highest BCUT2D eigenvalue weighted by atomic mass is 35.5. The van der Waals surface area contributed by atoms with Crippen molar-refractivity contribution in [3.63, 3.8) is 0 Å². The maximum atomic E-state index is 6.20. The van der Waals surface area contributed by atoms with Crippen LogP contribution in [0.15, 0.2) is 30.3 Å². The molecule has 70 valence electrons. The van der Waals surface area contributed by atoms with E-state index in [1.54, 1.807) is 11.3 Å². The predicted octanol–water partition coefficient (Wildman–Crippen LogP) is 3.91. The highest BCUT2D eigenvalue weighted by molar-refractivity contribution is 7.23. The van der Waals surface area contributed by atoms with Gasteiger partial charge >= 0.3 is 0 Å². The van der Waals surface area contributed by atoms with Crippen LogP contribution in [-0.2, 0) is 0 Å². The van der Waals surface area contributed by atoms with Gasteiger partial charge in [-0.15, -0.1) is 11.3 Å². The number of hydrogen-bond acceptors (Lipinski definition) is 2. The number of benzene rings is 1. The first kappa shape index (κ1) is 8.33. The quantitative estimate of drug-likeness (QED) is 0.712. The summed E-state index contributed by atoms with van der Waals surface area (Å²) in [5, 5.41) is 6.66. The topological polar surface area (TPSA) is 12.0 Å². The van der Waals surface area contributed by atoms with Gasteiger partial charge in [0.2, 0.25) is 0 Å². The van der Waals surface area contributed by atoms with Crippen LogP contribution in [0.3, 0.4) is 0 Å². The molecule has 0 saturated carbocycles. The molecule has 1 aromatic heterocycles. The van der Waals surface area contributed by atoms with E-state index in [-0.39, 0.29) is 0 Å². The number of halogens is 1. The van der Waals surface area contributed by atoms with Crippen LogP contribution in [-0.4, -0.2) is 6.54 Å². The molecule has 0 fully saturated rings. The van der Waals surface area contributed by atoms with Gasteiger partial charge in [-0.1, -0.05) is 29.8 Å². The van der Waals surface area contributed by atoms with Gasteiger partial charge in [0.05, 0.1) is 5.00 Å². The van der Waals surface area contributed by atoms with Gasteiger partial charge in [-0.25, -0.2) is 0 Å². The lowest BCUT2D eigenvalue weighted by Crippen LogP contribution is -2.02. The van der Waals surface area contributed by atoms with Gasteiger partial charge in [-0.05, 0) is 12.1 Å². The van der Waals surface area contributed by atoms with E-state index in [0.29, 0.717) is 0 Å². The Balaban J connectivity index is 2.42. The van der Waals surface area contributed by atoms with Crippen molar-refractivity contribution in [1.29, 1.82) is 0 Å². The molecule has 2 aromatic rings. The van der Waals surface area contributed by atoms with Crippen LogP contribution in [0.4, 0.5) is 5.00 Å². The third-order valence-corrected chi connectivity index (χ3v) is 3.85. The molecular formula is C11H8ClNS. The average Bonchev–Trinajstić information content (AvgIpc) is 2.57. The molecule has 0 aliphatic carbocycles. The van der Waals surface area contributed by atoms with Crippen molar-refractivity contribution in [1.82, 2.24) is 0 Å². The number of hydrogen-bond donors (Lipinski definition) is 1. The molecule has 1 nitrogen and oxygen atoms in total. The molecule has 0 atom stereocenters. The summed E-state index contributed by atoms with van der Waals surface area (Å²) >= 11 is 7.96. The zero-order chi connectivity index (χ0) is 9.54. The second-order valence-electron chi connectivity index (χ2n) is 3.24. The normalized spacial score (nSPS) is 14.8. The number of fused-ring (bicyclic) bond motifs is 3. The summed E-state index contributed by atoms with van der Waals surface area (Å²) < 4.78 is 1.29. The Hall–Kier alpha value is -0.990. The van der Waals surface area contributed by atoms with E-state index in [9.17, 15) is 0 Å². The highest BCUT2D eigenvalue weighted by Crippen LogP contribution is 2.42. The van der Waals surface area contributed by atoms with Gasteiger partial charge in [0, 0.05) is 27.2 Å². The van der Waals surface area contributed by atoms with Gasteiger partial charge in [0.1, 0.15) is 0 Å². The maximum Gasteiger partial charge on any atom is 0.0986 e. The Morgan fingerprint density at radius 2 is 2.14 bits per heavy atom. The van der Waals surface area contributed by atoms with Crippen LogP contribution >= 0.6 is 22.9 Å². The van der Waals surface area contributed by atoms with Crippen molar-refractivity contribution in [2.45, 2.75) is 0 Å². The summed E-state index contributed by atoms with van der Waals surface area (Å²) in [6, 6.07) is 8.36. The largest absolute Gasteiger partial charge is 0.373 e. The molecule has 0 saturated heterocycles. The molecular weight excluding hydrogens is 214 g/mol. The smallest absolute Gasteiger partial charge is 0.0986 e. The fraction of sp³-hybridized carbons (Fsp3) is 0.0909. The van der Waals surface area contributed by atoms with Crippen molar-refractivity contribution >= 4 is 43.1 Å². The van der Waals surface area contributed by atoms with E-state index in [2.05, 4.69) is 23.5 Å². The van der Waals surface area contributed by atoms with Crippen LogP contribution in [0, 0.1) is 0 Å². The summed E-state index contributed by atoms with van der Waals surface area (Å²) in [6.45, 7) is 0.832. The van der Waals surface area contributed by atoms with E-state index in [4.69, 9.17) is 11.6 Å². The average molecular weight is 222 g/mol. The minimum Gasteiger partial charge on any atom is -0.373 e. The molecule has 14 heavy (non-hydrogen) atoms. The second kappa shape index (κ2) is 3.01. The van der Waals surface area contributed by atoms with Gasteiger partial charge in [-0.3, -0.25) is 0 Å². The van der Waals surface area contributed by atoms with Crippen LogP contribution in [0.5, 0.6) is 0 Å². The minimum atomic E-state index is 0.832. The monoisotopic (exact) mass is 221 g/mol. The van der Waals surface area contributed by atoms with Crippen LogP contribution in [0.2, 0.25) is 0 Å². The van der Waals surface area contributed by atoms with Crippen molar-refractivity contribution in [2.75, 3.05) is 11.9 Å². The molecule has 1 N–H and O–H groups in total. The fourth-order valence-corrected chi connectivity index (χ4v) is 3.20. The number of thiophene rings is 1. The Kier molecular flexibility index (Phi) is 1.79. The summed E-state index contributed by atoms with van der Waals surface area (Å²) in [4.78, 5) is 0. The van der Waals surface area contributed by atoms with E-state index in [0.717, 1.165) is 11.6 Å². The molecule has 1 aliphatic heterocycles. The van der Waals surface area contributed by atoms with E-state index in [1.807, 2.05) is 12.1 Å². The first-order valence-corrected chi connectivity index (χ1v) is 5.67. The van der Waals surface area contributed by atoms with Crippen LogP contribution in [0.1, 0.15) is 5.56 Å². The first-order valence-electron chi connectivity index (χ1n) is 4.48. The molecule has 3 rings (SSSR count). The Labute approximate surface area is 91.0 Å². The number of nitrogens with one attached hydrogen (secondary N) is 1. The Morgan fingerprint density at radius 1 is 1.29 bits per heavy atom. The molecule has 0 amide bonds. The van der Waals surface area contributed by atoms with Crippen molar-refractivity contribution < 1.29 is 0 Å². The summed E-state index contributed by atoms with van der Waals surface area (Å²) in [5.74, 6) is 0. The number of anilines is 1. The standard InChI is InChI=1S/C11H8ClNS/c12-8-5-6-13-11-10(8)7-3-1-2-4-9(7)14-11/h1-5,13H,6H2. The summed E-state index contributed by atoms with van der Waals surface area (Å²) in [6.07, 6.45) is 2.02. The molecule has 0 spiro atoms. The third kappa shape index (κ3) is 1.08. The van der Waals surface area contributed by atoms with Gasteiger partial charge in [-0.2, -0.15) is 0 Å². The van der Waals surface area contributed by atoms with Crippen molar-refractivity contribution in [3.05, 3.63) is 35.9 Å². The molecule has 2 heterocycles. The molecule has 0 bridgehead atoms. The molecule has 1 aromatic carbocycles. The first-order chi connectivity index (χ1) is 6.86. The maximum absolute atomic E-state index is 6.20. The zero-order valence-corrected chi connectivity index (χ0v) is 8.95. The summed E-state index contributed by atoms with van der Waals surface area (Å²) in [7, 11) is 0. The van der Waals surface area contributed by atoms with Gasteiger partial charge in [0.25, 0.3) is 0 Å². The predicted molar refractivity (Wildman–Crippen MR) is 64.1 cm³/mol. The van der Waals surface area contributed by atoms with Crippen LogP contribution < -0.4 is 5.32 Å². The molecule has 0 unspecified atom stereocenters. The van der Waals surface area contributed by atoms with Gasteiger partial charge < -0.3 is 5.32 Å². The molecule has 1 aliphatic rings. The SMILES string of the molecule is ClC1=CCNc2sc3ccccc3c21. The summed E-state index contributed by atoms with van der Waals surface area (Å²) in [5.41, 5.74) is 1.17. The minimum absolute atomic E-state index is 0.832.